The molecule has 2 aromatic rings. The van der Waals surface area contributed by atoms with Crippen LogP contribution in [0.5, 0.6) is 0 Å². The van der Waals surface area contributed by atoms with E-state index in [9.17, 15) is 4.79 Å². The van der Waals surface area contributed by atoms with Crippen LogP contribution in [0.3, 0.4) is 0 Å². The molecule has 0 aliphatic carbocycles. The Morgan fingerprint density at radius 2 is 1.85 bits per heavy atom. The first-order chi connectivity index (χ1) is 12.9. The van der Waals surface area contributed by atoms with E-state index in [1.54, 1.807) is 6.20 Å². The first-order valence-electron chi connectivity index (χ1n) is 9.17. The normalized spacial score (nSPS) is 15.0. The maximum Gasteiger partial charge on any atom is 0.224 e. The third-order valence-corrected chi connectivity index (χ3v) is 4.92. The lowest BCUT2D eigenvalue weighted by atomic mass is 10.1. The van der Waals surface area contributed by atoms with Crippen molar-refractivity contribution in [1.29, 1.82) is 0 Å². The molecule has 8 nitrogen and oxygen atoms in total. The minimum absolute atomic E-state index is 0.0669. The Morgan fingerprint density at radius 3 is 2.52 bits per heavy atom. The number of hydrogen-bond donors (Lipinski definition) is 2. The second kappa shape index (κ2) is 8.30. The summed E-state index contributed by atoms with van der Waals surface area (Å²) in [7, 11) is 2.13. The molecule has 1 amide bonds. The molecular formula is C19H27N7O. The van der Waals surface area contributed by atoms with Gasteiger partial charge < -0.3 is 20.9 Å². The van der Waals surface area contributed by atoms with Gasteiger partial charge in [-0.2, -0.15) is 0 Å². The molecule has 1 fully saturated rings. The van der Waals surface area contributed by atoms with Gasteiger partial charge in [-0.25, -0.2) is 15.0 Å². The smallest absolute Gasteiger partial charge is 0.224 e. The Bertz CT molecular complexity index is 792. The molecule has 8 heteroatoms. The molecule has 0 aromatic carbocycles. The number of nitrogen functional groups attached to an aromatic ring is 1. The summed E-state index contributed by atoms with van der Waals surface area (Å²) < 4.78 is 0. The van der Waals surface area contributed by atoms with Crippen LogP contribution in [-0.2, 0) is 17.8 Å². The lowest BCUT2D eigenvalue weighted by molar-refractivity contribution is -0.120. The van der Waals surface area contributed by atoms with E-state index >= 15 is 0 Å². The number of carbonyl (C=O) groups is 1. The third-order valence-electron chi connectivity index (χ3n) is 4.92. The molecule has 0 atom stereocenters. The van der Waals surface area contributed by atoms with Crippen LogP contribution in [0.25, 0.3) is 0 Å². The molecule has 0 saturated carbocycles. The van der Waals surface area contributed by atoms with E-state index in [1.165, 1.54) is 0 Å². The Hall–Kier alpha value is -2.74. The van der Waals surface area contributed by atoms with E-state index in [0.29, 0.717) is 6.54 Å². The van der Waals surface area contributed by atoms with Crippen LogP contribution < -0.4 is 16.0 Å². The maximum atomic E-state index is 12.5. The molecule has 3 rings (SSSR count). The molecule has 0 unspecified atom stereocenters. The predicted molar refractivity (Wildman–Crippen MR) is 105 cm³/mol. The second-order valence-electron chi connectivity index (χ2n) is 6.96. The minimum Gasteiger partial charge on any atom is -0.368 e. The van der Waals surface area contributed by atoms with Crippen molar-refractivity contribution in [3.05, 3.63) is 40.8 Å². The van der Waals surface area contributed by atoms with Gasteiger partial charge in [0, 0.05) is 61.4 Å². The molecule has 144 valence electrons. The van der Waals surface area contributed by atoms with Crippen molar-refractivity contribution < 1.29 is 4.79 Å². The van der Waals surface area contributed by atoms with Crippen molar-refractivity contribution in [1.82, 2.24) is 25.2 Å². The number of nitrogens with one attached hydrogen (secondary N) is 1. The van der Waals surface area contributed by atoms with Gasteiger partial charge in [0.25, 0.3) is 0 Å². The number of pyridine rings is 1. The molecule has 27 heavy (non-hydrogen) atoms. The Kier molecular flexibility index (Phi) is 5.85. The summed E-state index contributed by atoms with van der Waals surface area (Å²) in [5, 5.41) is 3.00. The van der Waals surface area contributed by atoms with E-state index in [2.05, 4.69) is 37.1 Å². The number of aryl methyl sites for hydroxylation is 2. The highest BCUT2D eigenvalue weighted by Crippen LogP contribution is 2.19. The molecule has 1 aliphatic rings. The van der Waals surface area contributed by atoms with E-state index in [1.807, 2.05) is 26.0 Å². The topological polar surface area (TPSA) is 100 Å². The highest BCUT2D eigenvalue weighted by Gasteiger charge is 2.18. The average Bonchev–Trinajstić information content (AvgIpc) is 2.64. The zero-order valence-corrected chi connectivity index (χ0v) is 16.2. The summed E-state index contributed by atoms with van der Waals surface area (Å²) in [6.45, 7) is 8.05. The first kappa shape index (κ1) is 19.0. The van der Waals surface area contributed by atoms with E-state index in [4.69, 9.17) is 5.73 Å². The summed E-state index contributed by atoms with van der Waals surface area (Å²) >= 11 is 0. The number of amides is 1. The number of hydrogen-bond acceptors (Lipinski definition) is 7. The number of aromatic nitrogens is 3. The molecule has 0 spiro atoms. The van der Waals surface area contributed by atoms with Crippen LogP contribution in [0.1, 0.15) is 22.5 Å². The zero-order valence-electron chi connectivity index (χ0n) is 16.2. The Labute approximate surface area is 159 Å². The van der Waals surface area contributed by atoms with Crippen LogP contribution >= 0.6 is 0 Å². The highest BCUT2D eigenvalue weighted by molar-refractivity contribution is 5.79. The molecule has 0 radical (unpaired) electrons. The number of carbonyl (C=O) groups excluding carboxylic acids is 1. The fraction of sp³-hybridized carbons (Fsp3) is 0.474. The van der Waals surface area contributed by atoms with E-state index in [0.717, 1.165) is 54.5 Å². The van der Waals surface area contributed by atoms with Crippen molar-refractivity contribution in [2.75, 3.05) is 43.9 Å². The number of piperazine rings is 1. The van der Waals surface area contributed by atoms with Crippen molar-refractivity contribution >= 4 is 17.7 Å². The van der Waals surface area contributed by atoms with Gasteiger partial charge in [0.1, 0.15) is 5.82 Å². The van der Waals surface area contributed by atoms with Gasteiger partial charge in [0.15, 0.2) is 0 Å². The van der Waals surface area contributed by atoms with Crippen molar-refractivity contribution in [3.63, 3.8) is 0 Å². The largest absolute Gasteiger partial charge is 0.368 e. The number of rotatable bonds is 5. The van der Waals surface area contributed by atoms with Gasteiger partial charge in [-0.15, -0.1) is 0 Å². The lowest BCUT2D eigenvalue weighted by Crippen LogP contribution is -2.45. The molecule has 2 aromatic heterocycles. The van der Waals surface area contributed by atoms with Gasteiger partial charge in [-0.1, -0.05) is 6.07 Å². The highest BCUT2D eigenvalue weighted by atomic mass is 16.1. The van der Waals surface area contributed by atoms with E-state index in [-0.39, 0.29) is 18.3 Å². The lowest BCUT2D eigenvalue weighted by Gasteiger charge is -2.34. The summed E-state index contributed by atoms with van der Waals surface area (Å²) in [6.07, 6.45) is 2.04. The first-order valence-corrected chi connectivity index (χ1v) is 9.17. The SMILES string of the molecule is Cc1nc(N)nc(C)c1CC(=O)NCc1cccnc1N1CCN(C)CC1. The number of nitrogens with zero attached hydrogens (tertiary/aromatic N) is 5. The molecule has 3 N–H and O–H groups in total. The van der Waals surface area contributed by atoms with Gasteiger partial charge in [-0.3, -0.25) is 4.79 Å². The Balaban J connectivity index is 1.64. The Morgan fingerprint density at radius 1 is 1.19 bits per heavy atom. The van der Waals surface area contributed by atoms with Gasteiger partial charge in [-0.05, 0) is 27.0 Å². The summed E-state index contributed by atoms with van der Waals surface area (Å²) in [4.78, 5) is 29.9. The molecule has 3 heterocycles. The van der Waals surface area contributed by atoms with Crippen LogP contribution in [-0.4, -0.2) is 59.0 Å². The van der Waals surface area contributed by atoms with Gasteiger partial charge >= 0.3 is 0 Å². The molecule has 1 saturated heterocycles. The fourth-order valence-electron chi connectivity index (χ4n) is 3.31. The van der Waals surface area contributed by atoms with Crippen LogP contribution in [0.15, 0.2) is 18.3 Å². The zero-order chi connectivity index (χ0) is 19.4. The number of likely N-dealkylation sites (N-methyl/N-ethyl adjacent to an activating group) is 1. The summed E-state index contributed by atoms with van der Waals surface area (Å²) in [6, 6.07) is 3.92. The van der Waals surface area contributed by atoms with E-state index < -0.39 is 0 Å². The van der Waals surface area contributed by atoms with Crippen LogP contribution in [0.2, 0.25) is 0 Å². The third kappa shape index (κ3) is 4.71. The quantitative estimate of drug-likeness (QED) is 0.799. The monoisotopic (exact) mass is 369 g/mol. The predicted octanol–water partition coefficient (Wildman–Crippen LogP) is 0.681. The molecular weight excluding hydrogens is 342 g/mol. The van der Waals surface area contributed by atoms with Crippen molar-refractivity contribution in [2.45, 2.75) is 26.8 Å². The van der Waals surface area contributed by atoms with Gasteiger partial charge in [0.2, 0.25) is 11.9 Å². The number of anilines is 2. The van der Waals surface area contributed by atoms with Crippen molar-refractivity contribution in [2.24, 2.45) is 0 Å². The molecule has 0 bridgehead atoms. The summed E-state index contributed by atoms with van der Waals surface area (Å²) in [5.41, 5.74) is 8.99. The summed E-state index contributed by atoms with van der Waals surface area (Å²) in [5.74, 6) is 1.12. The van der Waals surface area contributed by atoms with Gasteiger partial charge in [0.05, 0.1) is 6.42 Å². The maximum absolute atomic E-state index is 12.5. The average molecular weight is 369 g/mol. The van der Waals surface area contributed by atoms with Crippen LogP contribution in [0, 0.1) is 13.8 Å². The fourth-order valence-corrected chi connectivity index (χ4v) is 3.31. The van der Waals surface area contributed by atoms with Crippen molar-refractivity contribution in [3.8, 4) is 0 Å². The standard InChI is InChI=1S/C19H27N7O/c1-13-16(14(2)24-19(20)23-13)11-17(27)22-12-15-5-4-6-21-18(15)26-9-7-25(3)8-10-26/h4-6H,7-12H2,1-3H3,(H,22,27)(H2,20,23,24). The molecule has 1 aliphatic heterocycles. The minimum atomic E-state index is -0.0669. The van der Waals surface area contributed by atoms with Crippen LogP contribution in [0.4, 0.5) is 11.8 Å². The number of nitrogens with two attached hydrogens (primary N) is 1. The second-order valence-corrected chi connectivity index (χ2v) is 6.96.